The minimum atomic E-state index is -0.196. The molecular weight excluding hydrogens is 268 g/mol. The van der Waals surface area contributed by atoms with Crippen molar-refractivity contribution >= 4 is 17.7 Å². The van der Waals surface area contributed by atoms with Gasteiger partial charge >= 0.3 is 5.97 Å². The van der Waals surface area contributed by atoms with E-state index in [0.717, 1.165) is 11.3 Å². The molecule has 3 heteroatoms. The highest BCUT2D eigenvalue weighted by atomic mass is 32.2. The number of carbonyl (C=O) groups is 1. The summed E-state index contributed by atoms with van der Waals surface area (Å²) in [5.41, 5.74) is 3.49. The quantitative estimate of drug-likeness (QED) is 0.614. The maximum atomic E-state index is 11.4. The Kier molecular flexibility index (Phi) is 5.24. The van der Waals surface area contributed by atoms with Crippen LogP contribution in [0.4, 0.5) is 0 Å². The van der Waals surface area contributed by atoms with Gasteiger partial charge in [0.1, 0.15) is 0 Å². The number of methoxy groups -OCH3 is 1. The third-order valence-corrected chi connectivity index (χ3v) is 4.11. The minimum absolute atomic E-state index is 0.196. The Labute approximate surface area is 124 Å². The van der Waals surface area contributed by atoms with Gasteiger partial charge in [-0.15, -0.1) is 11.8 Å². The van der Waals surface area contributed by atoms with Crippen LogP contribution in [0.15, 0.2) is 53.4 Å². The van der Waals surface area contributed by atoms with Gasteiger partial charge in [0.15, 0.2) is 0 Å². The molecule has 0 aliphatic heterocycles. The summed E-state index contributed by atoms with van der Waals surface area (Å²) < 4.78 is 4.74. The molecule has 0 bridgehead atoms. The Morgan fingerprint density at radius 3 is 2.55 bits per heavy atom. The standard InChI is InChI=1S/C17H18O2S/c1-13-6-5-9-16(10-13)20-12-15-8-4-3-7-14(15)11-17(18)19-2/h3-10H,11-12H2,1-2H3. The third-order valence-electron chi connectivity index (χ3n) is 3.06. The number of hydrogen-bond donors (Lipinski definition) is 0. The van der Waals surface area contributed by atoms with Crippen molar-refractivity contribution in [1.29, 1.82) is 0 Å². The van der Waals surface area contributed by atoms with Crippen LogP contribution >= 0.6 is 11.8 Å². The largest absolute Gasteiger partial charge is 0.469 e. The predicted octanol–water partition coefficient (Wildman–Crippen LogP) is 4.00. The molecule has 0 saturated carbocycles. The van der Waals surface area contributed by atoms with E-state index in [9.17, 15) is 4.79 Å². The van der Waals surface area contributed by atoms with Gasteiger partial charge in [-0.2, -0.15) is 0 Å². The lowest BCUT2D eigenvalue weighted by atomic mass is 10.1. The summed E-state index contributed by atoms with van der Waals surface area (Å²) in [5.74, 6) is 0.661. The van der Waals surface area contributed by atoms with Crippen molar-refractivity contribution in [3.05, 3.63) is 65.2 Å². The molecule has 0 aliphatic carbocycles. The zero-order valence-corrected chi connectivity index (χ0v) is 12.6. The molecule has 0 aromatic heterocycles. The number of benzene rings is 2. The monoisotopic (exact) mass is 286 g/mol. The molecule has 0 spiro atoms. The zero-order chi connectivity index (χ0) is 14.4. The maximum Gasteiger partial charge on any atom is 0.309 e. The average molecular weight is 286 g/mol. The highest BCUT2D eigenvalue weighted by Gasteiger charge is 2.08. The second-order valence-corrected chi connectivity index (χ2v) is 5.68. The first-order valence-electron chi connectivity index (χ1n) is 6.52. The van der Waals surface area contributed by atoms with Gasteiger partial charge < -0.3 is 4.74 Å². The Bertz CT molecular complexity index is 593. The number of aryl methyl sites for hydroxylation is 1. The lowest BCUT2D eigenvalue weighted by molar-refractivity contribution is -0.139. The molecule has 20 heavy (non-hydrogen) atoms. The summed E-state index contributed by atoms with van der Waals surface area (Å²) in [4.78, 5) is 12.7. The number of ether oxygens (including phenoxy) is 1. The SMILES string of the molecule is COC(=O)Cc1ccccc1CSc1cccc(C)c1. The number of carbonyl (C=O) groups excluding carboxylic acids is 1. The van der Waals surface area contributed by atoms with Crippen LogP contribution in [0.25, 0.3) is 0 Å². The first-order valence-corrected chi connectivity index (χ1v) is 7.50. The molecule has 0 atom stereocenters. The van der Waals surface area contributed by atoms with E-state index < -0.39 is 0 Å². The molecule has 0 unspecified atom stereocenters. The molecule has 2 rings (SSSR count). The van der Waals surface area contributed by atoms with Crippen molar-refractivity contribution in [3.8, 4) is 0 Å². The Hall–Kier alpha value is -1.74. The Balaban J connectivity index is 2.07. The fourth-order valence-corrected chi connectivity index (χ4v) is 3.01. The molecule has 0 fully saturated rings. The fourth-order valence-electron chi connectivity index (χ4n) is 1.96. The van der Waals surface area contributed by atoms with E-state index in [1.807, 2.05) is 18.2 Å². The van der Waals surface area contributed by atoms with Crippen LogP contribution in [0.3, 0.4) is 0 Å². The lowest BCUT2D eigenvalue weighted by Crippen LogP contribution is -2.06. The highest BCUT2D eigenvalue weighted by Crippen LogP contribution is 2.25. The van der Waals surface area contributed by atoms with E-state index in [1.54, 1.807) is 11.8 Å². The molecule has 0 radical (unpaired) electrons. The van der Waals surface area contributed by atoms with Crippen LogP contribution in [0.5, 0.6) is 0 Å². The number of thioether (sulfide) groups is 1. The number of esters is 1. The Morgan fingerprint density at radius 1 is 1.10 bits per heavy atom. The van der Waals surface area contributed by atoms with E-state index in [2.05, 4.69) is 37.3 Å². The van der Waals surface area contributed by atoms with Gasteiger partial charge in [-0.3, -0.25) is 4.79 Å². The first kappa shape index (κ1) is 14.7. The van der Waals surface area contributed by atoms with Gasteiger partial charge in [-0.1, -0.05) is 42.0 Å². The van der Waals surface area contributed by atoms with Crippen LogP contribution in [-0.2, 0) is 21.7 Å². The van der Waals surface area contributed by atoms with Crippen molar-refractivity contribution in [2.75, 3.05) is 7.11 Å². The average Bonchev–Trinajstić information content (AvgIpc) is 2.46. The summed E-state index contributed by atoms with van der Waals surface area (Å²) in [6.07, 6.45) is 0.334. The molecule has 0 saturated heterocycles. The van der Waals surface area contributed by atoms with E-state index in [1.165, 1.54) is 23.1 Å². The van der Waals surface area contributed by atoms with Gasteiger partial charge in [0.05, 0.1) is 13.5 Å². The second kappa shape index (κ2) is 7.15. The molecule has 104 valence electrons. The normalized spacial score (nSPS) is 10.3. The van der Waals surface area contributed by atoms with Crippen molar-refractivity contribution in [1.82, 2.24) is 0 Å². The maximum absolute atomic E-state index is 11.4. The number of rotatable bonds is 5. The van der Waals surface area contributed by atoms with Crippen molar-refractivity contribution in [2.24, 2.45) is 0 Å². The minimum Gasteiger partial charge on any atom is -0.469 e. The van der Waals surface area contributed by atoms with Gasteiger partial charge in [0.2, 0.25) is 0 Å². The molecular formula is C17H18O2S. The smallest absolute Gasteiger partial charge is 0.309 e. The molecule has 2 aromatic rings. The molecule has 2 aromatic carbocycles. The van der Waals surface area contributed by atoms with E-state index in [-0.39, 0.29) is 5.97 Å². The van der Waals surface area contributed by atoms with Crippen LogP contribution < -0.4 is 0 Å². The summed E-state index contributed by atoms with van der Waals surface area (Å²) in [6.45, 7) is 2.09. The number of hydrogen-bond acceptors (Lipinski definition) is 3. The fraction of sp³-hybridized carbons (Fsp3) is 0.235. The van der Waals surface area contributed by atoms with Crippen molar-refractivity contribution < 1.29 is 9.53 Å². The third kappa shape index (κ3) is 4.14. The second-order valence-electron chi connectivity index (χ2n) is 4.63. The first-order chi connectivity index (χ1) is 9.69. The topological polar surface area (TPSA) is 26.3 Å². The lowest BCUT2D eigenvalue weighted by Gasteiger charge is -2.08. The molecule has 0 aliphatic rings. The van der Waals surface area contributed by atoms with Gasteiger partial charge in [0, 0.05) is 10.6 Å². The summed E-state index contributed by atoms with van der Waals surface area (Å²) in [6, 6.07) is 16.5. The molecule has 0 amide bonds. The van der Waals surface area contributed by atoms with E-state index in [4.69, 9.17) is 4.74 Å². The van der Waals surface area contributed by atoms with Gasteiger partial charge in [-0.25, -0.2) is 0 Å². The van der Waals surface area contributed by atoms with Crippen LogP contribution in [0.2, 0.25) is 0 Å². The van der Waals surface area contributed by atoms with Crippen LogP contribution in [0, 0.1) is 6.92 Å². The molecule has 0 heterocycles. The summed E-state index contributed by atoms with van der Waals surface area (Å²) in [5, 5.41) is 0. The summed E-state index contributed by atoms with van der Waals surface area (Å²) >= 11 is 1.78. The molecule has 0 N–H and O–H groups in total. The van der Waals surface area contributed by atoms with Crippen molar-refractivity contribution in [3.63, 3.8) is 0 Å². The summed E-state index contributed by atoms with van der Waals surface area (Å²) in [7, 11) is 1.42. The predicted molar refractivity (Wildman–Crippen MR) is 82.9 cm³/mol. The Morgan fingerprint density at radius 2 is 1.85 bits per heavy atom. The highest BCUT2D eigenvalue weighted by molar-refractivity contribution is 7.98. The van der Waals surface area contributed by atoms with Crippen molar-refractivity contribution in [2.45, 2.75) is 24.0 Å². The van der Waals surface area contributed by atoms with Crippen LogP contribution in [-0.4, -0.2) is 13.1 Å². The van der Waals surface area contributed by atoms with Crippen LogP contribution in [0.1, 0.15) is 16.7 Å². The van der Waals surface area contributed by atoms with E-state index in [0.29, 0.717) is 6.42 Å². The van der Waals surface area contributed by atoms with Gasteiger partial charge in [-0.05, 0) is 30.2 Å². The van der Waals surface area contributed by atoms with Gasteiger partial charge in [0.25, 0.3) is 0 Å². The molecule has 2 nitrogen and oxygen atoms in total. The zero-order valence-electron chi connectivity index (χ0n) is 11.8. The van der Waals surface area contributed by atoms with E-state index >= 15 is 0 Å².